The van der Waals surface area contributed by atoms with Crippen LogP contribution in [-0.2, 0) is 9.53 Å². The molecule has 3 heterocycles. The molecule has 33 heavy (non-hydrogen) atoms. The largest absolute Gasteiger partial charge is 0.489 e. The monoisotopic (exact) mass is 453 g/mol. The van der Waals surface area contributed by atoms with Crippen molar-refractivity contribution in [2.24, 2.45) is 5.92 Å². The number of likely N-dealkylation sites (tertiary alicyclic amines) is 1. The molecule has 1 aromatic heterocycles. The fourth-order valence-electron chi connectivity index (χ4n) is 4.01. The van der Waals surface area contributed by atoms with Crippen molar-refractivity contribution in [2.45, 2.75) is 45.3 Å². The molecule has 1 N–H and O–H groups in total. The van der Waals surface area contributed by atoms with Crippen molar-refractivity contribution >= 4 is 23.5 Å². The van der Waals surface area contributed by atoms with E-state index in [-0.39, 0.29) is 24.0 Å². The number of ether oxygens (including phenoxy) is 2. The van der Waals surface area contributed by atoms with Gasteiger partial charge in [-0.1, -0.05) is 0 Å². The third-order valence-electron chi connectivity index (χ3n) is 5.66. The van der Waals surface area contributed by atoms with Crippen LogP contribution in [0.15, 0.2) is 42.6 Å². The van der Waals surface area contributed by atoms with Gasteiger partial charge in [0.05, 0.1) is 12.5 Å². The maximum atomic E-state index is 12.7. The molecule has 4 rings (SSSR count). The number of benzene rings is 1. The second kappa shape index (κ2) is 9.64. The molecule has 0 spiro atoms. The average molecular weight is 454 g/mol. The SMILES string of the molecule is CC(C)(C)OC(=O)N1CCC(Oc2ccc(NC(=O)[C@H]3CCN(c4cccnn4)C3)cc2)C1. The van der Waals surface area contributed by atoms with Gasteiger partial charge in [0, 0.05) is 37.9 Å². The summed E-state index contributed by atoms with van der Waals surface area (Å²) in [5, 5.41) is 11.0. The molecule has 2 aliphatic rings. The summed E-state index contributed by atoms with van der Waals surface area (Å²) in [5.74, 6) is 1.41. The Morgan fingerprint density at radius 3 is 2.55 bits per heavy atom. The quantitative estimate of drug-likeness (QED) is 0.742. The van der Waals surface area contributed by atoms with Gasteiger partial charge in [-0.3, -0.25) is 4.79 Å². The lowest BCUT2D eigenvalue weighted by Crippen LogP contribution is -2.36. The normalized spacial score (nSPS) is 20.6. The summed E-state index contributed by atoms with van der Waals surface area (Å²) in [6.45, 7) is 8.09. The highest BCUT2D eigenvalue weighted by atomic mass is 16.6. The lowest BCUT2D eigenvalue weighted by Gasteiger charge is -2.24. The van der Waals surface area contributed by atoms with Crippen molar-refractivity contribution in [3.8, 4) is 5.75 Å². The molecule has 2 aromatic rings. The summed E-state index contributed by atoms with van der Waals surface area (Å²) in [7, 11) is 0. The number of carbonyl (C=O) groups excluding carboxylic acids is 2. The van der Waals surface area contributed by atoms with Crippen LogP contribution in [0.5, 0.6) is 5.75 Å². The van der Waals surface area contributed by atoms with Gasteiger partial charge in [-0.2, -0.15) is 5.10 Å². The Hall–Kier alpha value is -3.36. The first-order chi connectivity index (χ1) is 15.8. The number of carbonyl (C=O) groups is 2. The second-order valence-corrected chi connectivity index (χ2v) is 9.48. The smallest absolute Gasteiger partial charge is 0.410 e. The standard InChI is InChI=1S/C24H31N5O4/c1-24(2,3)33-23(31)29-14-11-20(16-29)32-19-8-6-18(7-9-19)26-22(30)17-10-13-28(15-17)21-5-4-12-25-27-21/h4-9,12,17,20H,10-11,13-16H2,1-3H3,(H,26,30)/t17-,20?/m0/s1. The van der Waals surface area contributed by atoms with E-state index in [0.29, 0.717) is 25.4 Å². The molecule has 9 heteroatoms. The molecule has 0 aliphatic carbocycles. The van der Waals surface area contributed by atoms with Gasteiger partial charge < -0.3 is 24.6 Å². The minimum absolute atomic E-state index is 0.00106. The fraction of sp³-hybridized carbons (Fsp3) is 0.500. The molecule has 0 saturated carbocycles. The van der Waals surface area contributed by atoms with Gasteiger partial charge in [-0.05, 0) is 63.6 Å². The van der Waals surface area contributed by atoms with Crippen LogP contribution in [0.3, 0.4) is 0 Å². The van der Waals surface area contributed by atoms with Gasteiger partial charge in [0.2, 0.25) is 5.91 Å². The minimum atomic E-state index is -0.511. The van der Waals surface area contributed by atoms with E-state index >= 15 is 0 Å². The molecule has 1 unspecified atom stereocenters. The van der Waals surface area contributed by atoms with Gasteiger partial charge in [0.1, 0.15) is 17.5 Å². The van der Waals surface area contributed by atoms with Crippen molar-refractivity contribution < 1.29 is 19.1 Å². The molecule has 2 atom stereocenters. The predicted molar refractivity (Wildman–Crippen MR) is 124 cm³/mol. The Morgan fingerprint density at radius 2 is 1.85 bits per heavy atom. The molecule has 2 amide bonds. The predicted octanol–water partition coefficient (Wildman–Crippen LogP) is 3.33. The topological polar surface area (TPSA) is 96.9 Å². The first-order valence-corrected chi connectivity index (χ1v) is 11.3. The van der Waals surface area contributed by atoms with E-state index < -0.39 is 5.60 Å². The number of hydrogen-bond donors (Lipinski definition) is 1. The Morgan fingerprint density at radius 1 is 1.06 bits per heavy atom. The Bertz CT molecular complexity index is 961. The highest BCUT2D eigenvalue weighted by Gasteiger charge is 2.31. The number of nitrogens with zero attached hydrogens (tertiary/aromatic N) is 4. The Kier molecular flexibility index (Phi) is 6.67. The number of anilines is 2. The van der Waals surface area contributed by atoms with E-state index in [1.807, 2.05) is 57.2 Å². The molecule has 9 nitrogen and oxygen atoms in total. The molecule has 1 aromatic carbocycles. The number of rotatable bonds is 5. The summed E-state index contributed by atoms with van der Waals surface area (Å²) in [6, 6.07) is 11.1. The van der Waals surface area contributed by atoms with Gasteiger partial charge in [0.25, 0.3) is 0 Å². The fourth-order valence-corrected chi connectivity index (χ4v) is 4.01. The van der Waals surface area contributed by atoms with Crippen molar-refractivity contribution in [1.82, 2.24) is 15.1 Å². The van der Waals surface area contributed by atoms with Crippen LogP contribution in [0.25, 0.3) is 0 Å². The van der Waals surface area contributed by atoms with Crippen molar-refractivity contribution in [2.75, 3.05) is 36.4 Å². The maximum absolute atomic E-state index is 12.7. The van der Waals surface area contributed by atoms with E-state index in [2.05, 4.69) is 20.4 Å². The summed E-state index contributed by atoms with van der Waals surface area (Å²) in [4.78, 5) is 28.7. The number of amides is 2. The van der Waals surface area contributed by atoms with Gasteiger partial charge in [-0.25, -0.2) is 4.79 Å². The zero-order chi connectivity index (χ0) is 23.4. The highest BCUT2D eigenvalue weighted by molar-refractivity contribution is 5.93. The molecular weight excluding hydrogens is 422 g/mol. The lowest BCUT2D eigenvalue weighted by atomic mass is 10.1. The maximum Gasteiger partial charge on any atom is 0.410 e. The zero-order valence-corrected chi connectivity index (χ0v) is 19.4. The van der Waals surface area contributed by atoms with E-state index in [4.69, 9.17) is 9.47 Å². The third-order valence-corrected chi connectivity index (χ3v) is 5.66. The number of nitrogens with one attached hydrogen (secondary N) is 1. The van der Waals surface area contributed by atoms with E-state index in [9.17, 15) is 9.59 Å². The van der Waals surface area contributed by atoms with Crippen LogP contribution in [0.4, 0.5) is 16.3 Å². The molecule has 0 radical (unpaired) electrons. The minimum Gasteiger partial charge on any atom is -0.489 e. The highest BCUT2D eigenvalue weighted by Crippen LogP contribution is 2.25. The summed E-state index contributed by atoms with van der Waals surface area (Å²) >= 11 is 0. The van der Waals surface area contributed by atoms with E-state index in [1.165, 1.54) is 0 Å². The third kappa shape index (κ3) is 6.12. The summed E-state index contributed by atoms with van der Waals surface area (Å²) < 4.78 is 11.5. The van der Waals surface area contributed by atoms with E-state index in [1.54, 1.807) is 11.1 Å². The summed E-state index contributed by atoms with van der Waals surface area (Å²) in [6.07, 6.45) is 2.78. The van der Waals surface area contributed by atoms with Crippen LogP contribution in [0.2, 0.25) is 0 Å². The molecular formula is C24H31N5O4. The summed E-state index contributed by atoms with van der Waals surface area (Å²) in [5.41, 5.74) is 0.218. The second-order valence-electron chi connectivity index (χ2n) is 9.48. The Labute approximate surface area is 194 Å². The van der Waals surface area contributed by atoms with E-state index in [0.717, 1.165) is 30.9 Å². The van der Waals surface area contributed by atoms with Crippen LogP contribution >= 0.6 is 0 Å². The molecule has 2 aliphatic heterocycles. The lowest BCUT2D eigenvalue weighted by molar-refractivity contribution is -0.119. The van der Waals surface area contributed by atoms with Gasteiger partial charge >= 0.3 is 6.09 Å². The van der Waals surface area contributed by atoms with Crippen LogP contribution in [0.1, 0.15) is 33.6 Å². The number of aromatic nitrogens is 2. The Balaban J connectivity index is 1.24. The van der Waals surface area contributed by atoms with Crippen LogP contribution in [0, 0.1) is 5.92 Å². The molecule has 2 fully saturated rings. The van der Waals surface area contributed by atoms with Gasteiger partial charge in [-0.15, -0.1) is 5.10 Å². The van der Waals surface area contributed by atoms with Crippen LogP contribution < -0.4 is 15.0 Å². The average Bonchev–Trinajstić information content (AvgIpc) is 3.45. The van der Waals surface area contributed by atoms with Crippen LogP contribution in [-0.4, -0.2) is 65.0 Å². The van der Waals surface area contributed by atoms with Crippen molar-refractivity contribution in [1.29, 1.82) is 0 Å². The van der Waals surface area contributed by atoms with Crippen molar-refractivity contribution in [3.63, 3.8) is 0 Å². The molecule has 2 saturated heterocycles. The number of hydrogen-bond acceptors (Lipinski definition) is 7. The first kappa shape index (κ1) is 22.8. The zero-order valence-electron chi connectivity index (χ0n) is 19.4. The first-order valence-electron chi connectivity index (χ1n) is 11.3. The van der Waals surface area contributed by atoms with Crippen molar-refractivity contribution in [3.05, 3.63) is 42.6 Å². The molecule has 176 valence electrons. The molecule has 0 bridgehead atoms. The van der Waals surface area contributed by atoms with Gasteiger partial charge in [0.15, 0.2) is 5.82 Å².